The molecule has 0 aliphatic rings. The number of hydrogen-bond acceptors (Lipinski definition) is 2. The summed E-state index contributed by atoms with van der Waals surface area (Å²) in [6, 6.07) is 23.7. The zero-order valence-electron chi connectivity index (χ0n) is 17.9. The van der Waals surface area contributed by atoms with E-state index in [4.69, 9.17) is 4.98 Å². The largest absolute Gasteiger partial charge is 0.297 e. The first-order chi connectivity index (χ1) is 14.5. The van der Waals surface area contributed by atoms with Crippen LogP contribution in [0, 0.1) is 12.8 Å². The summed E-state index contributed by atoms with van der Waals surface area (Å²) in [4.78, 5) is 5.13. The van der Waals surface area contributed by atoms with E-state index in [9.17, 15) is 0 Å². The van der Waals surface area contributed by atoms with Crippen LogP contribution in [0.3, 0.4) is 0 Å². The number of imidazole rings is 1. The highest BCUT2D eigenvalue weighted by molar-refractivity contribution is 7.18. The molecule has 3 aromatic carbocycles. The second-order valence-electron chi connectivity index (χ2n) is 8.35. The Bertz CT molecular complexity index is 1360. The van der Waals surface area contributed by atoms with Crippen molar-refractivity contribution in [2.24, 2.45) is 13.0 Å². The predicted molar refractivity (Wildman–Crippen MR) is 126 cm³/mol. The summed E-state index contributed by atoms with van der Waals surface area (Å²) < 4.78 is 5.94. The molecule has 5 rings (SSSR count). The van der Waals surface area contributed by atoms with Gasteiger partial charge in [0.05, 0.1) is 27.8 Å². The van der Waals surface area contributed by atoms with Gasteiger partial charge in [0.25, 0.3) is 5.82 Å². The predicted octanol–water partition coefficient (Wildman–Crippen LogP) is 6.24. The number of fused-ring (bicyclic) bond motifs is 2. The lowest BCUT2D eigenvalue weighted by Gasteiger charge is -2.07. The van der Waals surface area contributed by atoms with Gasteiger partial charge >= 0.3 is 0 Å². The molecule has 0 aliphatic carbocycles. The fourth-order valence-electron chi connectivity index (χ4n) is 4.29. The molecule has 0 amide bonds. The Morgan fingerprint density at radius 3 is 2.47 bits per heavy atom. The maximum absolute atomic E-state index is 5.13. The molecule has 0 N–H and O–H groups in total. The van der Waals surface area contributed by atoms with Crippen molar-refractivity contribution in [2.45, 2.75) is 27.2 Å². The molecule has 3 nitrogen and oxygen atoms in total. The van der Waals surface area contributed by atoms with Crippen LogP contribution in [0.25, 0.3) is 38.3 Å². The summed E-state index contributed by atoms with van der Waals surface area (Å²) >= 11 is 1.83. The number of thiazole rings is 1. The van der Waals surface area contributed by atoms with Gasteiger partial charge < -0.3 is 0 Å². The van der Waals surface area contributed by atoms with Crippen LogP contribution in [0.2, 0.25) is 0 Å². The number of rotatable bonds is 4. The fraction of sp³-hybridized carbons (Fsp3) is 0.231. The Labute approximate surface area is 181 Å². The van der Waals surface area contributed by atoms with Gasteiger partial charge in [0.1, 0.15) is 5.69 Å². The molecule has 150 valence electrons. The normalized spacial score (nSPS) is 11.8. The highest BCUT2D eigenvalue weighted by Gasteiger charge is 2.29. The lowest BCUT2D eigenvalue weighted by Crippen LogP contribution is -2.30. The zero-order valence-corrected chi connectivity index (χ0v) is 18.7. The summed E-state index contributed by atoms with van der Waals surface area (Å²) in [5.74, 6) is 1.77. The number of para-hydroxylation sites is 3. The van der Waals surface area contributed by atoms with Gasteiger partial charge in [-0.1, -0.05) is 50.2 Å². The van der Waals surface area contributed by atoms with Crippen LogP contribution in [-0.2, 0) is 13.5 Å². The standard InChI is InChI=1S/C26H26N3S/c1-17(2)16-23-27-25-22(30-23)15-14-18(3)24(25)26-28(4)20-12-8-9-13-21(20)29(26)19-10-6-5-7-11-19/h5-15,17H,16H2,1-4H3/q+1. The smallest absolute Gasteiger partial charge is 0.240 e. The van der Waals surface area contributed by atoms with Gasteiger partial charge in [-0.2, -0.15) is 4.57 Å². The summed E-state index contributed by atoms with van der Waals surface area (Å²) in [6.07, 6.45) is 1.02. The van der Waals surface area contributed by atoms with Crippen LogP contribution in [0.1, 0.15) is 24.4 Å². The summed E-state index contributed by atoms with van der Waals surface area (Å²) in [5.41, 5.74) is 7.17. The Morgan fingerprint density at radius 2 is 1.70 bits per heavy atom. The van der Waals surface area contributed by atoms with E-state index in [1.807, 2.05) is 11.3 Å². The Balaban J connectivity index is 1.88. The molecule has 0 saturated heterocycles. The Hall–Kier alpha value is -2.98. The lowest BCUT2D eigenvalue weighted by molar-refractivity contribution is -0.633. The van der Waals surface area contributed by atoms with Gasteiger partial charge in [0.2, 0.25) is 0 Å². The van der Waals surface area contributed by atoms with E-state index in [0.29, 0.717) is 5.92 Å². The first kappa shape index (κ1) is 19.0. The van der Waals surface area contributed by atoms with Crippen molar-refractivity contribution in [3.8, 4) is 17.1 Å². The monoisotopic (exact) mass is 412 g/mol. The SMILES string of the molecule is Cc1ccc2sc(CC(C)C)nc2c1-c1n(-c2ccccc2)c2ccccc2[n+]1C. The van der Waals surface area contributed by atoms with Gasteiger partial charge in [-0.05, 0) is 48.7 Å². The van der Waals surface area contributed by atoms with Gasteiger partial charge in [-0.25, -0.2) is 9.55 Å². The van der Waals surface area contributed by atoms with E-state index in [0.717, 1.165) is 11.9 Å². The van der Waals surface area contributed by atoms with Crippen molar-refractivity contribution < 1.29 is 4.57 Å². The number of hydrogen-bond donors (Lipinski definition) is 0. The second-order valence-corrected chi connectivity index (χ2v) is 9.47. The molecule has 0 radical (unpaired) electrons. The van der Waals surface area contributed by atoms with E-state index in [1.165, 1.54) is 43.4 Å². The molecule has 5 aromatic rings. The maximum atomic E-state index is 5.13. The Kier molecular flexibility index (Phi) is 4.67. The van der Waals surface area contributed by atoms with E-state index < -0.39 is 0 Å². The molecular formula is C26H26N3S+. The molecule has 0 aliphatic heterocycles. The van der Waals surface area contributed by atoms with Crippen LogP contribution >= 0.6 is 11.3 Å². The molecule has 0 bridgehead atoms. The number of nitrogens with zero attached hydrogens (tertiary/aromatic N) is 3. The molecular weight excluding hydrogens is 386 g/mol. The zero-order chi connectivity index (χ0) is 20.8. The molecule has 0 spiro atoms. The Morgan fingerprint density at radius 1 is 0.967 bits per heavy atom. The molecule has 2 heterocycles. The van der Waals surface area contributed by atoms with Crippen LogP contribution in [0.4, 0.5) is 0 Å². The third-order valence-electron chi connectivity index (χ3n) is 5.65. The molecule has 2 aromatic heterocycles. The first-order valence-electron chi connectivity index (χ1n) is 10.5. The van der Waals surface area contributed by atoms with Crippen molar-refractivity contribution >= 4 is 32.6 Å². The van der Waals surface area contributed by atoms with Gasteiger partial charge in [0, 0.05) is 6.42 Å². The minimum atomic E-state index is 0.599. The van der Waals surface area contributed by atoms with Crippen molar-refractivity contribution in [1.82, 2.24) is 9.55 Å². The molecule has 0 unspecified atom stereocenters. The molecule has 4 heteroatoms. The molecule has 0 saturated carbocycles. The van der Waals surface area contributed by atoms with Crippen molar-refractivity contribution in [2.75, 3.05) is 0 Å². The van der Waals surface area contributed by atoms with Crippen molar-refractivity contribution in [3.05, 3.63) is 77.3 Å². The van der Waals surface area contributed by atoms with Crippen LogP contribution < -0.4 is 4.57 Å². The minimum Gasteiger partial charge on any atom is -0.240 e. The molecule has 0 atom stereocenters. The quantitative estimate of drug-likeness (QED) is 0.320. The van der Waals surface area contributed by atoms with Crippen molar-refractivity contribution in [1.29, 1.82) is 0 Å². The third-order valence-corrected chi connectivity index (χ3v) is 6.69. The fourth-order valence-corrected chi connectivity index (χ4v) is 5.48. The second kappa shape index (κ2) is 7.37. The minimum absolute atomic E-state index is 0.599. The maximum Gasteiger partial charge on any atom is 0.297 e. The average Bonchev–Trinajstić information content (AvgIpc) is 3.27. The highest BCUT2D eigenvalue weighted by atomic mass is 32.1. The lowest BCUT2D eigenvalue weighted by atomic mass is 10.1. The topological polar surface area (TPSA) is 21.7 Å². The average molecular weight is 413 g/mol. The van der Waals surface area contributed by atoms with Crippen molar-refractivity contribution in [3.63, 3.8) is 0 Å². The van der Waals surface area contributed by atoms with E-state index in [1.54, 1.807) is 0 Å². The molecule has 30 heavy (non-hydrogen) atoms. The van der Waals surface area contributed by atoms with E-state index >= 15 is 0 Å². The molecule has 0 fully saturated rings. The summed E-state index contributed by atoms with van der Waals surface area (Å²) in [6.45, 7) is 6.71. The number of benzene rings is 3. The first-order valence-corrected chi connectivity index (χ1v) is 11.3. The van der Waals surface area contributed by atoms with Gasteiger partial charge in [-0.3, -0.25) is 0 Å². The number of aromatic nitrogens is 3. The third kappa shape index (κ3) is 3.03. The van der Waals surface area contributed by atoms with Crippen LogP contribution in [-0.4, -0.2) is 9.55 Å². The highest BCUT2D eigenvalue weighted by Crippen LogP contribution is 2.36. The van der Waals surface area contributed by atoms with E-state index in [2.05, 4.69) is 104 Å². The van der Waals surface area contributed by atoms with Crippen LogP contribution in [0.5, 0.6) is 0 Å². The van der Waals surface area contributed by atoms with Crippen LogP contribution in [0.15, 0.2) is 66.7 Å². The van der Waals surface area contributed by atoms with Gasteiger partial charge in [0.15, 0.2) is 11.0 Å². The summed E-state index contributed by atoms with van der Waals surface area (Å²) in [5, 5.41) is 1.22. The van der Waals surface area contributed by atoms with Gasteiger partial charge in [-0.15, -0.1) is 11.3 Å². The number of aryl methyl sites for hydroxylation is 2. The summed E-state index contributed by atoms with van der Waals surface area (Å²) in [7, 11) is 2.16. The van der Waals surface area contributed by atoms with E-state index in [-0.39, 0.29) is 0 Å².